The van der Waals surface area contributed by atoms with E-state index in [1.165, 1.54) is 12.8 Å². The first-order chi connectivity index (χ1) is 9.58. The van der Waals surface area contributed by atoms with Crippen molar-refractivity contribution in [2.24, 2.45) is 5.92 Å². The molecule has 108 valence electrons. The summed E-state index contributed by atoms with van der Waals surface area (Å²) in [6.07, 6.45) is 3.50. The van der Waals surface area contributed by atoms with Crippen LogP contribution < -0.4 is 5.32 Å². The Morgan fingerprint density at radius 1 is 1.30 bits per heavy atom. The van der Waals surface area contributed by atoms with Crippen molar-refractivity contribution in [2.45, 2.75) is 51.4 Å². The molecule has 1 N–H and O–H groups in total. The van der Waals surface area contributed by atoms with Gasteiger partial charge < -0.3 is 4.90 Å². The van der Waals surface area contributed by atoms with Crippen LogP contribution in [0.3, 0.4) is 0 Å². The van der Waals surface area contributed by atoms with Crippen LogP contribution in [0.4, 0.5) is 0 Å². The summed E-state index contributed by atoms with van der Waals surface area (Å²) in [6, 6.07) is 8.05. The standard InChI is InChI=1S/C16H21ClN2O/c1-10-5-3-8-14(10)19-15(18-11(2)16(19)20)12-6-4-7-13(17)9-12/h4,6-7,9-11,14-15,18H,3,5,8H2,1-2H3. The van der Waals surface area contributed by atoms with E-state index in [-0.39, 0.29) is 18.1 Å². The van der Waals surface area contributed by atoms with Crippen LogP contribution in [0.5, 0.6) is 0 Å². The van der Waals surface area contributed by atoms with Gasteiger partial charge in [-0.1, -0.05) is 37.1 Å². The predicted molar refractivity (Wildman–Crippen MR) is 80.4 cm³/mol. The van der Waals surface area contributed by atoms with Crippen molar-refractivity contribution in [1.29, 1.82) is 0 Å². The van der Waals surface area contributed by atoms with Crippen LogP contribution in [0.25, 0.3) is 0 Å². The Kier molecular flexibility index (Phi) is 3.74. The first-order valence-corrected chi connectivity index (χ1v) is 7.79. The topological polar surface area (TPSA) is 32.3 Å². The van der Waals surface area contributed by atoms with Gasteiger partial charge in [-0.25, -0.2) is 0 Å². The highest BCUT2D eigenvalue weighted by Crippen LogP contribution is 2.37. The van der Waals surface area contributed by atoms with Crippen molar-refractivity contribution < 1.29 is 4.79 Å². The number of hydrogen-bond donors (Lipinski definition) is 1. The maximum absolute atomic E-state index is 12.5. The molecule has 0 aromatic heterocycles. The molecule has 1 aliphatic carbocycles. The predicted octanol–water partition coefficient (Wildman–Crippen LogP) is 3.35. The fraction of sp³-hybridized carbons (Fsp3) is 0.562. The number of carbonyl (C=O) groups excluding carboxylic acids is 1. The Morgan fingerprint density at radius 3 is 2.75 bits per heavy atom. The largest absolute Gasteiger partial charge is 0.318 e. The lowest BCUT2D eigenvalue weighted by Crippen LogP contribution is -2.41. The summed E-state index contributed by atoms with van der Waals surface area (Å²) in [5.74, 6) is 0.793. The van der Waals surface area contributed by atoms with E-state index < -0.39 is 0 Å². The third-order valence-corrected chi connectivity index (χ3v) is 4.88. The van der Waals surface area contributed by atoms with Crippen LogP contribution >= 0.6 is 11.6 Å². The minimum Gasteiger partial charge on any atom is -0.318 e. The van der Waals surface area contributed by atoms with E-state index in [1.807, 2.05) is 31.2 Å². The smallest absolute Gasteiger partial charge is 0.241 e. The molecule has 1 heterocycles. The zero-order valence-corrected chi connectivity index (χ0v) is 12.7. The van der Waals surface area contributed by atoms with Gasteiger partial charge in [-0.2, -0.15) is 0 Å². The quantitative estimate of drug-likeness (QED) is 0.907. The van der Waals surface area contributed by atoms with Gasteiger partial charge in [0.15, 0.2) is 0 Å². The van der Waals surface area contributed by atoms with Gasteiger partial charge in [0.1, 0.15) is 6.17 Å². The third-order valence-electron chi connectivity index (χ3n) is 4.65. The highest BCUT2D eigenvalue weighted by Gasteiger charge is 2.43. The molecule has 2 fully saturated rings. The summed E-state index contributed by atoms with van der Waals surface area (Å²) in [5.41, 5.74) is 1.08. The van der Waals surface area contributed by atoms with Gasteiger partial charge in [0.2, 0.25) is 5.91 Å². The number of benzene rings is 1. The number of carbonyl (C=O) groups is 1. The highest BCUT2D eigenvalue weighted by atomic mass is 35.5. The summed E-state index contributed by atoms with van der Waals surface area (Å²) in [4.78, 5) is 14.6. The second kappa shape index (κ2) is 5.38. The van der Waals surface area contributed by atoms with E-state index in [1.54, 1.807) is 0 Å². The molecule has 20 heavy (non-hydrogen) atoms. The average Bonchev–Trinajstić information content (AvgIpc) is 2.95. The SMILES string of the molecule is CC1NC(c2cccc(Cl)c2)N(C2CCCC2C)C1=O. The van der Waals surface area contributed by atoms with E-state index in [9.17, 15) is 4.79 Å². The van der Waals surface area contributed by atoms with Gasteiger partial charge in [-0.15, -0.1) is 0 Å². The summed E-state index contributed by atoms with van der Waals surface area (Å²) in [6.45, 7) is 4.20. The normalized spacial score (nSPS) is 34.0. The number of rotatable bonds is 2. The molecule has 4 unspecified atom stereocenters. The molecule has 3 rings (SSSR count). The molecule has 1 aromatic rings. The first kappa shape index (κ1) is 13.9. The molecule has 4 atom stereocenters. The third kappa shape index (κ3) is 2.33. The lowest BCUT2D eigenvalue weighted by atomic mass is 10.0. The zero-order chi connectivity index (χ0) is 14.3. The Balaban J connectivity index is 1.94. The van der Waals surface area contributed by atoms with Crippen LogP contribution in [0.15, 0.2) is 24.3 Å². The molecule has 0 spiro atoms. The lowest BCUT2D eigenvalue weighted by molar-refractivity contribution is -0.132. The number of halogens is 1. The molecule has 1 saturated heterocycles. The van der Waals surface area contributed by atoms with Gasteiger partial charge in [-0.3, -0.25) is 10.1 Å². The molecular weight excluding hydrogens is 272 g/mol. The molecular formula is C16H21ClN2O. The van der Waals surface area contributed by atoms with E-state index >= 15 is 0 Å². The number of hydrogen-bond acceptors (Lipinski definition) is 2. The van der Waals surface area contributed by atoms with Crippen molar-refractivity contribution in [3.05, 3.63) is 34.9 Å². The van der Waals surface area contributed by atoms with Gasteiger partial charge in [0.25, 0.3) is 0 Å². The number of nitrogens with one attached hydrogen (secondary N) is 1. The van der Waals surface area contributed by atoms with Crippen LogP contribution in [0.1, 0.15) is 44.8 Å². The fourth-order valence-electron chi connectivity index (χ4n) is 3.57. The van der Waals surface area contributed by atoms with Crippen molar-refractivity contribution in [2.75, 3.05) is 0 Å². The fourth-order valence-corrected chi connectivity index (χ4v) is 3.77. The minimum atomic E-state index is -0.119. The van der Waals surface area contributed by atoms with Crippen LogP contribution in [-0.2, 0) is 4.79 Å². The Labute approximate surface area is 125 Å². The van der Waals surface area contributed by atoms with Crippen molar-refractivity contribution in [1.82, 2.24) is 10.2 Å². The zero-order valence-electron chi connectivity index (χ0n) is 12.0. The van der Waals surface area contributed by atoms with Crippen molar-refractivity contribution >= 4 is 17.5 Å². The average molecular weight is 293 g/mol. The summed E-state index contributed by atoms with van der Waals surface area (Å²) in [5, 5.41) is 4.13. The molecule has 4 heteroatoms. The Morgan fingerprint density at radius 2 is 2.10 bits per heavy atom. The molecule has 2 aliphatic rings. The molecule has 1 aromatic carbocycles. The van der Waals surface area contributed by atoms with E-state index in [4.69, 9.17) is 11.6 Å². The van der Waals surface area contributed by atoms with Crippen LogP contribution in [0.2, 0.25) is 5.02 Å². The molecule has 0 radical (unpaired) electrons. The van der Waals surface area contributed by atoms with Gasteiger partial charge >= 0.3 is 0 Å². The minimum absolute atomic E-state index is 0.0400. The molecule has 1 aliphatic heterocycles. The van der Waals surface area contributed by atoms with Crippen molar-refractivity contribution in [3.63, 3.8) is 0 Å². The van der Waals surface area contributed by atoms with E-state index in [0.717, 1.165) is 17.0 Å². The van der Waals surface area contributed by atoms with Crippen LogP contribution in [0, 0.1) is 5.92 Å². The maximum atomic E-state index is 12.5. The maximum Gasteiger partial charge on any atom is 0.241 e. The Hall–Kier alpha value is -1.06. The number of nitrogens with zero attached hydrogens (tertiary/aromatic N) is 1. The van der Waals surface area contributed by atoms with E-state index in [2.05, 4.69) is 17.1 Å². The summed E-state index contributed by atoms with van der Waals surface area (Å²) < 4.78 is 0. The van der Waals surface area contributed by atoms with Gasteiger partial charge in [-0.05, 0) is 43.4 Å². The second-order valence-electron chi connectivity index (χ2n) is 6.07. The van der Waals surface area contributed by atoms with Gasteiger partial charge in [0, 0.05) is 11.1 Å². The monoisotopic (exact) mass is 292 g/mol. The molecule has 0 bridgehead atoms. The number of amides is 1. The lowest BCUT2D eigenvalue weighted by Gasteiger charge is -2.33. The van der Waals surface area contributed by atoms with E-state index in [0.29, 0.717) is 12.0 Å². The summed E-state index contributed by atoms with van der Waals surface area (Å²) in [7, 11) is 0. The molecule has 3 nitrogen and oxygen atoms in total. The second-order valence-corrected chi connectivity index (χ2v) is 6.50. The highest BCUT2D eigenvalue weighted by molar-refractivity contribution is 6.30. The summed E-state index contributed by atoms with van der Waals surface area (Å²) >= 11 is 6.10. The first-order valence-electron chi connectivity index (χ1n) is 7.41. The Bertz CT molecular complexity index is 519. The van der Waals surface area contributed by atoms with Gasteiger partial charge in [0.05, 0.1) is 6.04 Å². The van der Waals surface area contributed by atoms with Crippen molar-refractivity contribution in [3.8, 4) is 0 Å². The molecule has 1 amide bonds. The van der Waals surface area contributed by atoms with Crippen LogP contribution in [-0.4, -0.2) is 22.9 Å². The molecule has 1 saturated carbocycles.